The van der Waals surface area contributed by atoms with Gasteiger partial charge >= 0.3 is 5.97 Å². The zero-order chi connectivity index (χ0) is 12.0. The van der Waals surface area contributed by atoms with Crippen molar-refractivity contribution in [2.24, 2.45) is 0 Å². The molecule has 2 heterocycles. The Morgan fingerprint density at radius 2 is 2.35 bits per heavy atom. The maximum absolute atomic E-state index is 11.0. The largest absolute Gasteiger partial charge is 0.478 e. The van der Waals surface area contributed by atoms with Gasteiger partial charge in [-0.15, -0.1) is 0 Å². The highest BCUT2D eigenvalue weighted by Gasteiger charge is 2.38. The molecule has 0 amide bonds. The van der Waals surface area contributed by atoms with Gasteiger partial charge in [-0.3, -0.25) is 0 Å². The van der Waals surface area contributed by atoms with Crippen LogP contribution in [0.2, 0.25) is 0 Å². The third-order valence-corrected chi connectivity index (χ3v) is 4.00. The number of nitrogens with one attached hydrogen (secondary N) is 1. The molecular formula is C13H16N2O2. The lowest BCUT2D eigenvalue weighted by molar-refractivity contribution is 0.0697. The number of likely N-dealkylation sites (N-methyl/N-ethyl adjacent to an activating group) is 1. The van der Waals surface area contributed by atoms with Gasteiger partial charge in [-0.1, -0.05) is 0 Å². The Bertz CT molecular complexity index is 472. The lowest BCUT2D eigenvalue weighted by Crippen LogP contribution is -2.42. The Morgan fingerprint density at radius 1 is 1.53 bits per heavy atom. The van der Waals surface area contributed by atoms with E-state index >= 15 is 0 Å². The van der Waals surface area contributed by atoms with Crippen molar-refractivity contribution < 1.29 is 9.90 Å². The monoisotopic (exact) mass is 232 g/mol. The molecule has 0 radical (unpaired) electrons. The van der Waals surface area contributed by atoms with Gasteiger partial charge in [0.25, 0.3) is 0 Å². The molecule has 0 saturated carbocycles. The second-order valence-electron chi connectivity index (χ2n) is 4.86. The van der Waals surface area contributed by atoms with Crippen LogP contribution < -0.4 is 10.2 Å². The maximum atomic E-state index is 11.0. The molecule has 1 aromatic carbocycles. The van der Waals surface area contributed by atoms with E-state index in [9.17, 15) is 4.79 Å². The average molecular weight is 232 g/mol. The smallest absolute Gasteiger partial charge is 0.335 e. The van der Waals surface area contributed by atoms with Crippen molar-refractivity contribution >= 4 is 11.7 Å². The first-order valence-corrected chi connectivity index (χ1v) is 5.99. The minimum atomic E-state index is -0.845. The summed E-state index contributed by atoms with van der Waals surface area (Å²) in [6.45, 7) is 2.00. The van der Waals surface area contributed by atoms with E-state index < -0.39 is 5.97 Å². The van der Waals surface area contributed by atoms with E-state index in [1.54, 1.807) is 6.07 Å². The van der Waals surface area contributed by atoms with E-state index in [-0.39, 0.29) is 0 Å². The molecule has 4 heteroatoms. The number of aromatic carboxylic acids is 1. The second kappa shape index (κ2) is 3.74. The standard InChI is InChI=1S/C13H16N2O2/c1-15-11-3-2-8(13(16)17)6-9(11)10-7-14-5-4-12(10)15/h2-3,6,10,12,14H,4-5,7H2,1H3,(H,16,17). The van der Waals surface area contributed by atoms with Crippen molar-refractivity contribution in [1.82, 2.24) is 5.32 Å². The van der Waals surface area contributed by atoms with Gasteiger partial charge in [0, 0.05) is 31.2 Å². The predicted octanol–water partition coefficient (Wildman–Crippen LogP) is 1.28. The number of benzene rings is 1. The highest BCUT2D eigenvalue weighted by Crippen LogP contribution is 2.42. The van der Waals surface area contributed by atoms with Crippen molar-refractivity contribution in [2.45, 2.75) is 18.4 Å². The van der Waals surface area contributed by atoms with Crippen LogP contribution in [0, 0.1) is 0 Å². The number of anilines is 1. The topological polar surface area (TPSA) is 52.6 Å². The van der Waals surface area contributed by atoms with E-state index in [0.29, 0.717) is 17.5 Å². The van der Waals surface area contributed by atoms with Gasteiger partial charge < -0.3 is 15.3 Å². The maximum Gasteiger partial charge on any atom is 0.335 e. The SMILES string of the molecule is CN1c2ccc(C(=O)O)cc2C2CNCCC21. The Hall–Kier alpha value is -1.55. The summed E-state index contributed by atoms with van der Waals surface area (Å²) in [7, 11) is 2.11. The van der Waals surface area contributed by atoms with Crippen LogP contribution in [-0.4, -0.2) is 37.3 Å². The summed E-state index contributed by atoms with van der Waals surface area (Å²) in [6, 6.07) is 6.00. The fourth-order valence-corrected chi connectivity index (χ4v) is 3.11. The van der Waals surface area contributed by atoms with E-state index in [0.717, 1.165) is 19.5 Å². The van der Waals surface area contributed by atoms with Gasteiger partial charge in [-0.2, -0.15) is 0 Å². The third kappa shape index (κ3) is 1.52. The predicted molar refractivity (Wildman–Crippen MR) is 65.8 cm³/mol. The second-order valence-corrected chi connectivity index (χ2v) is 4.86. The van der Waals surface area contributed by atoms with Gasteiger partial charge in [0.15, 0.2) is 0 Å². The summed E-state index contributed by atoms with van der Waals surface area (Å²) >= 11 is 0. The summed E-state index contributed by atoms with van der Waals surface area (Å²) in [6.07, 6.45) is 1.12. The molecule has 2 aliphatic rings. The number of nitrogens with zero attached hydrogens (tertiary/aromatic N) is 1. The number of hydrogen-bond donors (Lipinski definition) is 2. The van der Waals surface area contributed by atoms with Gasteiger partial charge in [0.05, 0.1) is 5.56 Å². The van der Waals surface area contributed by atoms with Crippen LogP contribution in [-0.2, 0) is 0 Å². The highest BCUT2D eigenvalue weighted by atomic mass is 16.4. The summed E-state index contributed by atoms with van der Waals surface area (Å²) < 4.78 is 0. The molecule has 4 nitrogen and oxygen atoms in total. The molecule has 3 rings (SSSR count). The fraction of sp³-hybridized carbons (Fsp3) is 0.462. The normalized spacial score (nSPS) is 26.5. The minimum absolute atomic E-state index is 0.392. The van der Waals surface area contributed by atoms with Crippen molar-refractivity contribution in [3.63, 3.8) is 0 Å². The van der Waals surface area contributed by atoms with E-state index in [1.807, 2.05) is 12.1 Å². The molecule has 0 aliphatic carbocycles. The number of rotatable bonds is 1. The first-order chi connectivity index (χ1) is 8.18. The molecular weight excluding hydrogens is 216 g/mol. The average Bonchev–Trinajstić information content (AvgIpc) is 2.64. The number of fused-ring (bicyclic) bond motifs is 3. The zero-order valence-corrected chi connectivity index (χ0v) is 9.81. The minimum Gasteiger partial charge on any atom is -0.478 e. The van der Waals surface area contributed by atoms with E-state index in [1.165, 1.54) is 11.3 Å². The van der Waals surface area contributed by atoms with Crippen LogP contribution in [0.25, 0.3) is 0 Å². The summed E-state index contributed by atoms with van der Waals surface area (Å²) in [5, 5.41) is 12.4. The summed E-state index contributed by atoms with van der Waals surface area (Å²) in [5.41, 5.74) is 2.77. The molecule has 1 saturated heterocycles. The first kappa shape index (κ1) is 10.6. The Labute approximate surface area is 100 Å². The number of piperidine rings is 1. The Morgan fingerprint density at radius 3 is 3.12 bits per heavy atom. The molecule has 0 aromatic heterocycles. The third-order valence-electron chi connectivity index (χ3n) is 4.00. The number of carbonyl (C=O) groups is 1. The first-order valence-electron chi connectivity index (χ1n) is 5.99. The summed E-state index contributed by atoms with van der Waals surface area (Å²) in [4.78, 5) is 13.3. The van der Waals surface area contributed by atoms with Gasteiger partial charge in [0.1, 0.15) is 0 Å². The van der Waals surface area contributed by atoms with Gasteiger partial charge in [-0.05, 0) is 36.7 Å². The van der Waals surface area contributed by atoms with Crippen LogP contribution in [0.3, 0.4) is 0 Å². The summed E-state index contributed by atoms with van der Waals surface area (Å²) in [5.74, 6) is -0.411. The molecule has 2 aliphatic heterocycles. The zero-order valence-electron chi connectivity index (χ0n) is 9.81. The molecule has 2 atom stereocenters. The number of carboxylic acid groups (broad SMARTS) is 1. The van der Waals surface area contributed by atoms with Crippen LogP contribution in [0.5, 0.6) is 0 Å². The van der Waals surface area contributed by atoms with E-state index in [2.05, 4.69) is 17.3 Å². The highest BCUT2D eigenvalue weighted by molar-refractivity contribution is 5.89. The van der Waals surface area contributed by atoms with Crippen LogP contribution in [0.15, 0.2) is 18.2 Å². The van der Waals surface area contributed by atoms with Crippen molar-refractivity contribution in [3.8, 4) is 0 Å². The molecule has 2 unspecified atom stereocenters. The number of carboxylic acids is 1. The quantitative estimate of drug-likeness (QED) is 0.766. The molecule has 0 spiro atoms. The van der Waals surface area contributed by atoms with E-state index in [4.69, 9.17) is 5.11 Å². The molecule has 2 N–H and O–H groups in total. The lowest BCUT2D eigenvalue weighted by atomic mass is 9.89. The van der Waals surface area contributed by atoms with Gasteiger partial charge in [-0.25, -0.2) is 4.79 Å². The van der Waals surface area contributed by atoms with Crippen LogP contribution in [0.1, 0.15) is 28.3 Å². The lowest BCUT2D eigenvalue weighted by Gasteiger charge is -2.31. The van der Waals surface area contributed by atoms with Crippen LogP contribution in [0.4, 0.5) is 5.69 Å². The molecule has 90 valence electrons. The molecule has 17 heavy (non-hydrogen) atoms. The van der Waals surface area contributed by atoms with Crippen molar-refractivity contribution in [2.75, 3.05) is 25.0 Å². The number of hydrogen-bond acceptors (Lipinski definition) is 3. The van der Waals surface area contributed by atoms with Crippen molar-refractivity contribution in [3.05, 3.63) is 29.3 Å². The van der Waals surface area contributed by atoms with Gasteiger partial charge in [0.2, 0.25) is 0 Å². The van der Waals surface area contributed by atoms with Crippen molar-refractivity contribution in [1.29, 1.82) is 0 Å². The van der Waals surface area contributed by atoms with Crippen LogP contribution >= 0.6 is 0 Å². The molecule has 1 aromatic rings. The Balaban J connectivity index is 2.06. The fourth-order valence-electron chi connectivity index (χ4n) is 3.11. The molecule has 0 bridgehead atoms. The molecule has 1 fully saturated rings. The Kier molecular flexibility index (Phi) is 2.33.